The lowest BCUT2D eigenvalue weighted by Crippen LogP contribution is -2.26. The molecule has 1 atom stereocenters. The van der Waals surface area contributed by atoms with Crippen LogP contribution in [0.3, 0.4) is 0 Å². The predicted molar refractivity (Wildman–Crippen MR) is 104 cm³/mol. The normalized spacial score (nSPS) is 16.5. The Balaban J connectivity index is 1.51. The van der Waals surface area contributed by atoms with Crippen molar-refractivity contribution in [3.8, 4) is 22.5 Å². The highest BCUT2D eigenvalue weighted by molar-refractivity contribution is 5.78. The average molecular weight is 366 g/mol. The summed E-state index contributed by atoms with van der Waals surface area (Å²) in [6.07, 6.45) is 10.9. The van der Waals surface area contributed by atoms with Crippen LogP contribution >= 0.6 is 0 Å². The molecule has 0 aliphatic heterocycles. The Morgan fingerprint density at radius 2 is 1.93 bits per heavy atom. The number of hydrogen-bond donors (Lipinski definition) is 1. The fraction of sp³-hybridized carbons (Fsp3) is 0.409. The van der Waals surface area contributed by atoms with E-state index in [2.05, 4.69) is 4.98 Å². The molecule has 27 heavy (non-hydrogen) atoms. The maximum absolute atomic E-state index is 10.5. The van der Waals surface area contributed by atoms with E-state index in [1.54, 1.807) is 18.9 Å². The van der Waals surface area contributed by atoms with Crippen molar-refractivity contribution in [3.63, 3.8) is 0 Å². The Labute approximate surface area is 159 Å². The minimum atomic E-state index is -0.574. The molecule has 2 heterocycles. The summed E-state index contributed by atoms with van der Waals surface area (Å²) in [5, 5.41) is 10.5. The number of aliphatic hydroxyl groups is 1. The van der Waals surface area contributed by atoms with Gasteiger partial charge in [-0.25, -0.2) is 4.98 Å². The minimum absolute atomic E-state index is 0.296. The molecule has 5 heteroatoms. The number of rotatable bonds is 7. The van der Waals surface area contributed by atoms with E-state index in [1.165, 1.54) is 19.3 Å². The second kappa shape index (κ2) is 8.55. The Morgan fingerprint density at radius 3 is 2.67 bits per heavy atom. The topological polar surface area (TPSA) is 60.4 Å². The molecule has 2 aromatic heterocycles. The number of hydrogen-bond acceptors (Lipinski definition) is 4. The highest BCUT2D eigenvalue weighted by atomic mass is 16.5. The smallest absolute Gasteiger partial charge is 0.0996 e. The lowest BCUT2D eigenvalue weighted by Gasteiger charge is -2.23. The number of imidazole rings is 1. The van der Waals surface area contributed by atoms with Gasteiger partial charge in [-0.1, -0.05) is 49.6 Å². The molecule has 5 nitrogen and oxygen atoms in total. The Kier molecular flexibility index (Phi) is 5.70. The first-order valence-electron chi connectivity index (χ1n) is 9.74. The van der Waals surface area contributed by atoms with Crippen LogP contribution in [0.5, 0.6) is 0 Å². The van der Waals surface area contributed by atoms with Gasteiger partial charge in [-0.05, 0) is 18.9 Å². The molecule has 0 radical (unpaired) electrons. The van der Waals surface area contributed by atoms with Crippen LogP contribution in [0.4, 0.5) is 0 Å². The summed E-state index contributed by atoms with van der Waals surface area (Å²) in [6, 6.07) is 12.0. The van der Waals surface area contributed by atoms with Crippen LogP contribution in [0.2, 0.25) is 0 Å². The highest BCUT2D eigenvalue weighted by Gasteiger charge is 2.19. The van der Waals surface area contributed by atoms with Crippen LogP contribution in [0.1, 0.15) is 32.1 Å². The zero-order valence-electron chi connectivity index (χ0n) is 15.5. The monoisotopic (exact) mass is 366 g/mol. The van der Waals surface area contributed by atoms with Gasteiger partial charge in [0.2, 0.25) is 0 Å². The van der Waals surface area contributed by atoms with Crippen molar-refractivity contribution in [2.75, 3.05) is 6.61 Å². The number of benzene rings is 1. The summed E-state index contributed by atoms with van der Waals surface area (Å²) in [7, 11) is 0. The summed E-state index contributed by atoms with van der Waals surface area (Å²) in [4.78, 5) is 4.61. The lowest BCUT2D eigenvalue weighted by atomic mass is 9.98. The molecule has 1 saturated carbocycles. The third-order valence-corrected chi connectivity index (χ3v) is 5.16. The second-order valence-electron chi connectivity index (χ2n) is 7.22. The molecule has 0 amide bonds. The molecule has 1 aromatic carbocycles. The molecule has 1 N–H and O–H groups in total. The van der Waals surface area contributed by atoms with Crippen LogP contribution < -0.4 is 0 Å². The van der Waals surface area contributed by atoms with Gasteiger partial charge < -0.3 is 18.8 Å². The van der Waals surface area contributed by atoms with Gasteiger partial charge in [-0.2, -0.15) is 0 Å². The fourth-order valence-corrected chi connectivity index (χ4v) is 3.79. The summed E-state index contributed by atoms with van der Waals surface area (Å²) in [5.74, 6) is 0. The third-order valence-electron chi connectivity index (χ3n) is 5.16. The van der Waals surface area contributed by atoms with E-state index in [0.29, 0.717) is 19.3 Å². The van der Waals surface area contributed by atoms with Crippen molar-refractivity contribution < 1.29 is 14.3 Å². The number of aromatic nitrogens is 2. The maximum atomic E-state index is 10.5. The first-order valence-corrected chi connectivity index (χ1v) is 9.74. The molecule has 0 bridgehead atoms. The van der Waals surface area contributed by atoms with Gasteiger partial charge in [0.25, 0.3) is 0 Å². The zero-order chi connectivity index (χ0) is 18.5. The first-order chi connectivity index (χ1) is 13.3. The van der Waals surface area contributed by atoms with E-state index < -0.39 is 6.10 Å². The number of ether oxygens (including phenoxy) is 1. The highest BCUT2D eigenvalue weighted by Crippen LogP contribution is 2.31. The van der Waals surface area contributed by atoms with E-state index >= 15 is 0 Å². The first kappa shape index (κ1) is 18.0. The van der Waals surface area contributed by atoms with Crippen LogP contribution in [0.25, 0.3) is 22.5 Å². The van der Waals surface area contributed by atoms with Gasteiger partial charge in [0.15, 0.2) is 0 Å². The average Bonchev–Trinajstić information content (AvgIpc) is 3.37. The molecule has 4 rings (SSSR count). The van der Waals surface area contributed by atoms with Gasteiger partial charge in [0.05, 0.1) is 55.6 Å². The molecule has 1 fully saturated rings. The maximum Gasteiger partial charge on any atom is 0.0996 e. The predicted octanol–water partition coefficient (Wildman–Crippen LogP) is 4.52. The number of furan rings is 1. The molecule has 142 valence electrons. The lowest BCUT2D eigenvalue weighted by molar-refractivity contribution is -0.0282. The summed E-state index contributed by atoms with van der Waals surface area (Å²) in [5.41, 5.74) is 3.83. The SMILES string of the molecule is OC(COC1CCCCC1)Cn1cnc(-c2ccccc2)c1-c1ccoc1. The fourth-order valence-electron chi connectivity index (χ4n) is 3.79. The van der Waals surface area contributed by atoms with Gasteiger partial charge >= 0.3 is 0 Å². The van der Waals surface area contributed by atoms with Crippen molar-refractivity contribution >= 4 is 0 Å². The van der Waals surface area contributed by atoms with Crippen LogP contribution in [0, 0.1) is 0 Å². The Morgan fingerprint density at radius 1 is 1.11 bits per heavy atom. The molecule has 1 aliphatic carbocycles. The van der Waals surface area contributed by atoms with E-state index in [1.807, 2.05) is 41.0 Å². The van der Waals surface area contributed by atoms with Gasteiger partial charge in [-0.3, -0.25) is 0 Å². The van der Waals surface area contributed by atoms with Crippen molar-refractivity contribution in [2.24, 2.45) is 0 Å². The van der Waals surface area contributed by atoms with Crippen LogP contribution in [0.15, 0.2) is 59.7 Å². The van der Waals surface area contributed by atoms with Gasteiger partial charge in [0, 0.05) is 11.1 Å². The molecule has 3 aromatic rings. The van der Waals surface area contributed by atoms with Gasteiger partial charge in [0.1, 0.15) is 0 Å². The number of nitrogens with zero attached hydrogens (tertiary/aromatic N) is 2. The molecular weight excluding hydrogens is 340 g/mol. The molecule has 1 aliphatic rings. The van der Waals surface area contributed by atoms with Crippen molar-refractivity contribution in [3.05, 3.63) is 55.3 Å². The third kappa shape index (κ3) is 4.31. The van der Waals surface area contributed by atoms with Crippen LogP contribution in [-0.2, 0) is 11.3 Å². The number of aliphatic hydroxyl groups excluding tert-OH is 1. The van der Waals surface area contributed by atoms with Crippen molar-refractivity contribution in [1.82, 2.24) is 9.55 Å². The van der Waals surface area contributed by atoms with E-state index in [0.717, 1.165) is 35.4 Å². The minimum Gasteiger partial charge on any atom is -0.472 e. The molecular formula is C22H26N2O3. The molecule has 1 unspecified atom stereocenters. The summed E-state index contributed by atoms with van der Waals surface area (Å²) >= 11 is 0. The zero-order valence-corrected chi connectivity index (χ0v) is 15.5. The summed E-state index contributed by atoms with van der Waals surface area (Å²) < 4.78 is 13.2. The van der Waals surface area contributed by atoms with Crippen molar-refractivity contribution in [2.45, 2.75) is 50.9 Å². The second-order valence-corrected chi connectivity index (χ2v) is 7.22. The van der Waals surface area contributed by atoms with E-state index in [-0.39, 0.29) is 0 Å². The largest absolute Gasteiger partial charge is 0.472 e. The Hall–Kier alpha value is -2.37. The molecule has 0 saturated heterocycles. The van der Waals surface area contributed by atoms with Gasteiger partial charge in [-0.15, -0.1) is 0 Å². The van der Waals surface area contributed by atoms with Crippen LogP contribution in [-0.4, -0.2) is 33.5 Å². The standard InChI is InChI=1S/C22H26N2O3/c25-19(15-27-20-9-5-2-6-10-20)13-24-16-23-21(17-7-3-1-4-8-17)22(24)18-11-12-26-14-18/h1,3-4,7-8,11-12,14,16,19-20,25H,2,5-6,9-10,13,15H2. The van der Waals surface area contributed by atoms with Crippen molar-refractivity contribution in [1.29, 1.82) is 0 Å². The van der Waals surface area contributed by atoms with E-state index in [9.17, 15) is 5.11 Å². The quantitative estimate of drug-likeness (QED) is 0.668. The molecule has 0 spiro atoms. The Bertz CT molecular complexity index is 821. The van der Waals surface area contributed by atoms with E-state index in [4.69, 9.17) is 9.15 Å². The summed E-state index contributed by atoms with van der Waals surface area (Å²) in [6.45, 7) is 0.793.